The number of aryl methyl sites for hydroxylation is 2. The van der Waals surface area contributed by atoms with Crippen molar-refractivity contribution in [3.05, 3.63) is 132 Å². The van der Waals surface area contributed by atoms with Gasteiger partial charge in [0.15, 0.2) is 0 Å². The highest BCUT2D eigenvalue weighted by Crippen LogP contribution is 2.52. The number of nitrogens with zero attached hydrogens (tertiary/aromatic N) is 3. The second-order valence-electron chi connectivity index (χ2n) is 15.8. The van der Waals surface area contributed by atoms with Crippen LogP contribution in [0.5, 0.6) is 0 Å². The minimum atomic E-state index is -4.05. The molecule has 55 heavy (non-hydrogen) atoms. The van der Waals surface area contributed by atoms with Crippen molar-refractivity contribution in [3.8, 4) is 0 Å². The van der Waals surface area contributed by atoms with Gasteiger partial charge in [-0.05, 0) is 72.0 Å². The van der Waals surface area contributed by atoms with E-state index < -0.39 is 15.5 Å². The van der Waals surface area contributed by atoms with Gasteiger partial charge in [-0.25, -0.2) is 0 Å². The summed E-state index contributed by atoms with van der Waals surface area (Å²) < 4.78 is 36.6. The van der Waals surface area contributed by atoms with Crippen molar-refractivity contribution >= 4 is 65.1 Å². The van der Waals surface area contributed by atoms with Crippen LogP contribution in [0.1, 0.15) is 51.7 Å². The van der Waals surface area contributed by atoms with Crippen LogP contribution in [-0.2, 0) is 35.0 Å². The fourth-order valence-electron chi connectivity index (χ4n) is 8.74. The van der Waals surface area contributed by atoms with Gasteiger partial charge in [-0.15, -0.1) is 0 Å². The molecule has 8 nitrogen and oxygen atoms in total. The lowest BCUT2D eigenvalue weighted by molar-refractivity contribution is 0.290. The third-order valence-electron chi connectivity index (χ3n) is 11.6. The molecule has 0 radical (unpaired) electrons. The molecule has 0 amide bonds. The Kier molecular flexibility index (Phi) is 10.1. The first-order chi connectivity index (χ1) is 26.2. The number of para-hydroxylation sites is 2. The number of benzene rings is 4. The lowest BCUT2D eigenvalue weighted by atomic mass is 9.75. The number of hydrogen-bond donors (Lipinski definition) is 3. The SMILES string of the molecule is C=C(/C=C/C=C/C=C1/N(CCCO)c2ccc3c(c2C1(C)C)c1ccccc1n3C)C(C)(C)c1c(NCCCS(=O)(=O)O)ccc2c1c1ccccc1n2C. The number of aromatic nitrogens is 2. The van der Waals surface area contributed by atoms with Crippen molar-refractivity contribution in [2.45, 2.75) is 51.4 Å². The zero-order valence-electron chi connectivity index (χ0n) is 32.7. The van der Waals surface area contributed by atoms with Gasteiger partial charge in [-0.1, -0.05) is 95.0 Å². The summed E-state index contributed by atoms with van der Waals surface area (Å²) in [7, 11) is 0.168. The van der Waals surface area contributed by atoms with E-state index in [4.69, 9.17) is 0 Å². The van der Waals surface area contributed by atoms with Gasteiger partial charge < -0.3 is 24.5 Å². The Morgan fingerprint density at radius 2 is 1.45 bits per heavy atom. The number of allylic oxidation sites excluding steroid dienone is 7. The minimum absolute atomic E-state index is 0.126. The summed E-state index contributed by atoms with van der Waals surface area (Å²) in [6.45, 7) is 14.8. The van der Waals surface area contributed by atoms with Crippen molar-refractivity contribution < 1.29 is 18.1 Å². The van der Waals surface area contributed by atoms with Gasteiger partial charge in [0.05, 0.1) is 5.75 Å². The van der Waals surface area contributed by atoms with Crippen LogP contribution in [0.3, 0.4) is 0 Å². The molecule has 0 atom stereocenters. The highest BCUT2D eigenvalue weighted by Gasteiger charge is 2.42. The topological polar surface area (TPSA) is 99.7 Å². The Morgan fingerprint density at radius 1 is 0.836 bits per heavy atom. The first-order valence-electron chi connectivity index (χ1n) is 19.0. The van der Waals surface area contributed by atoms with E-state index in [-0.39, 0.29) is 24.2 Å². The number of fused-ring (bicyclic) bond motifs is 8. The Bertz CT molecular complexity index is 2670. The summed E-state index contributed by atoms with van der Waals surface area (Å²) in [5.74, 6) is -0.302. The number of aliphatic hydroxyl groups is 1. The number of hydrogen-bond acceptors (Lipinski definition) is 5. The van der Waals surface area contributed by atoms with Crippen LogP contribution >= 0.6 is 0 Å². The third-order valence-corrected chi connectivity index (χ3v) is 12.4. The summed E-state index contributed by atoms with van der Waals surface area (Å²) in [5.41, 5.74) is 10.5. The van der Waals surface area contributed by atoms with Crippen molar-refractivity contribution in [2.24, 2.45) is 14.1 Å². The fraction of sp³-hybridized carbons (Fsp3) is 0.304. The van der Waals surface area contributed by atoms with Gasteiger partial charge in [-0.3, -0.25) is 4.55 Å². The molecule has 9 heteroatoms. The molecular weight excluding hydrogens is 705 g/mol. The molecular formula is C46H52N4O4S. The van der Waals surface area contributed by atoms with Crippen LogP contribution in [0.25, 0.3) is 43.6 Å². The summed E-state index contributed by atoms with van der Waals surface area (Å²) in [6, 6.07) is 25.6. The molecule has 0 saturated heterocycles. The van der Waals surface area contributed by atoms with Crippen LogP contribution < -0.4 is 10.2 Å². The molecule has 6 aromatic rings. The number of rotatable bonds is 13. The average Bonchev–Trinajstić information content (AvgIpc) is 3.69. The molecule has 0 saturated carbocycles. The molecule has 1 aliphatic rings. The highest BCUT2D eigenvalue weighted by molar-refractivity contribution is 7.85. The lowest BCUT2D eigenvalue weighted by Gasteiger charge is -2.30. The summed E-state index contributed by atoms with van der Waals surface area (Å²) in [5, 5.41) is 18.1. The van der Waals surface area contributed by atoms with E-state index in [0.29, 0.717) is 13.0 Å². The minimum Gasteiger partial charge on any atom is -0.396 e. The zero-order valence-corrected chi connectivity index (χ0v) is 33.5. The lowest BCUT2D eigenvalue weighted by Crippen LogP contribution is -2.27. The van der Waals surface area contributed by atoms with Crippen molar-refractivity contribution in [2.75, 3.05) is 35.7 Å². The van der Waals surface area contributed by atoms with E-state index in [1.807, 2.05) is 12.1 Å². The van der Waals surface area contributed by atoms with E-state index in [1.165, 1.54) is 38.8 Å². The number of anilines is 2. The summed E-state index contributed by atoms with van der Waals surface area (Å²) in [6.07, 6.45) is 11.4. The standard InChI is InChI=1S/C46H52N4O4S/c1-31(45(2,3)43-34(47-27-15-30-55(52,53)54)23-24-37-41(43)32-18-11-13-20-35(32)48(37)6)17-9-8-10-22-40-46(4,5)44-39(50(40)28-16-29-51)26-25-38-42(44)33-19-12-14-21-36(33)49(38)7/h8-14,17-26,47,51H,1,15-16,27-30H2,2-7H3,(H,52,53,54)/b10-8+,17-9+,40-22+. The predicted octanol–water partition coefficient (Wildman–Crippen LogP) is 9.68. The van der Waals surface area contributed by atoms with E-state index in [2.05, 4.69) is 159 Å². The van der Waals surface area contributed by atoms with Gasteiger partial charge in [-0.2, -0.15) is 8.42 Å². The van der Waals surface area contributed by atoms with Gasteiger partial charge in [0.25, 0.3) is 10.1 Å². The predicted molar refractivity (Wildman–Crippen MR) is 231 cm³/mol. The van der Waals surface area contributed by atoms with Crippen LogP contribution in [0.2, 0.25) is 0 Å². The van der Waals surface area contributed by atoms with Crippen molar-refractivity contribution in [1.29, 1.82) is 0 Å². The third kappa shape index (κ3) is 6.68. The molecule has 2 aromatic heterocycles. The van der Waals surface area contributed by atoms with Gasteiger partial charge >= 0.3 is 0 Å². The molecule has 3 heterocycles. The quantitative estimate of drug-likeness (QED) is 0.0617. The van der Waals surface area contributed by atoms with Crippen LogP contribution in [0.15, 0.2) is 121 Å². The smallest absolute Gasteiger partial charge is 0.264 e. The van der Waals surface area contributed by atoms with Gasteiger partial charge in [0.2, 0.25) is 0 Å². The molecule has 0 unspecified atom stereocenters. The summed E-state index contributed by atoms with van der Waals surface area (Å²) in [4.78, 5) is 2.37. The van der Waals surface area contributed by atoms with Crippen LogP contribution in [0, 0.1) is 0 Å². The maximum atomic E-state index is 11.4. The van der Waals surface area contributed by atoms with Crippen LogP contribution in [0.4, 0.5) is 11.4 Å². The average molecular weight is 757 g/mol. The van der Waals surface area contributed by atoms with E-state index in [1.54, 1.807) is 0 Å². The normalized spacial score (nSPS) is 15.6. The van der Waals surface area contributed by atoms with Gasteiger partial charge in [0, 0.05) is 105 Å². The zero-order chi connectivity index (χ0) is 39.3. The number of nitrogens with one attached hydrogen (secondary N) is 1. The molecule has 1 aliphatic heterocycles. The molecule has 4 aromatic carbocycles. The monoisotopic (exact) mass is 756 g/mol. The molecule has 0 spiro atoms. The molecule has 0 fully saturated rings. The maximum absolute atomic E-state index is 11.4. The number of aliphatic hydroxyl groups excluding tert-OH is 1. The fourth-order valence-corrected chi connectivity index (χ4v) is 9.25. The summed E-state index contributed by atoms with van der Waals surface area (Å²) >= 11 is 0. The van der Waals surface area contributed by atoms with E-state index in [0.717, 1.165) is 45.2 Å². The molecule has 286 valence electrons. The Labute approximate surface area is 324 Å². The Morgan fingerprint density at radius 3 is 2.11 bits per heavy atom. The second-order valence-corrected chi connectivity index (χ2v) is 17.3. The highest BCUT2D eigenvalue weighted by atomic mass is 32.2. The van der Waals surface area contributed by atoms with Gasteiger partial charge in [0.1, 0.15) is 0 Å². The Hall–Kier alpha value is -5.09. The van der Waals surface area contributed by atoms with Crippen molar-refractivity contribution in [1.82, 2.24) is 9.13 Å². The van der Waals surface area contributed by atoms with E-state index >= 15 is 0 Å². The first kappa shape index (κ1) is 38.2. The molecule has 0 aliphatic carbocycles. The largest absolute Gasteiger partial charge is 0.396 e. The van der Waals surface area contributed by atoms with E-state index in [9.17, 15) is 18.1 Å². The Balaban J connectivity index is 1.22. The second kappa shape index (κ2) is 14.5. The maximum Gasteiger partial charge on any atom is 0.264 e. The van der Waals surface area contributed by atoms with Crippen molar-refractivity contribution in [3.63, 3.8) is 0 Å². The first-order valence-corrected chi connectivity index (χ1v) is 20.6. The molecule has 3 N–H and O–H groups in total. The van der Waals surface area contributed by atoms with Crippen LogP contribution in [-0.4, -0.2) is 52.7 Å². The molecule has 0 bridgehead atoms. The molecule has 7 rings (SSSR count).